The molecule has 0 bridgehead atoms. The van der Waals surface area contributed by atoms with Crippen LogP contribution in [0.25, 0.3) is 16.7 Å². The molecule has 0 unspecified atom stereocenters. The van der Waals surface area contributed by atoms with Crippen LogP contribution >= 0.6 is 0 Å². The fourth-order valence-corrected chi connectivity index (χ4v) is 2.48. The molecule has 3 aromatic heterocycles. The minimum atomic E-state index is -0.161. The van der Waals surface area contributed by atoms with Crippen LogP contribution in [0.2, 0.25) is 0 Å². The Morgan fingerprint density at radius 2 is 2.04 bits per heavy atom. The number of rotatable bonds is 3. The number of para-hydroxylation sites is 1. The van der Waals surface area contributed by atoms with Gasteiger partial charge in [0.1, 0.15) is 11.7 Å². The number of hydrogen-bond acceptors (Lipinski definition) is 5. The summed E-state index contributed by atoms with van der Waals surface area (Å²) in [4.78, 5) is 17.0. The van der Waals surface area contributed by atoms with E-state index in [1.807, 2.05) is 37.3 Å². The van der Waals surface area contributed by atoms with Gasteiger partial charge in [-0.2, -0.15) is 5.10 Å². The fraction of sp³-hybridized carbons (Fsp3) is 0.125. The lowest BCUT2D eigenvalue weighted by atomic mass is 10.3. The highest BCUT2D eigenvalue weighted by Gasteiger charge is 2.12. The summed E-state index contributed by atoms with van der Waals surface area (Å²) < 4.78 is 8.29. The maximum absolute atomic E-state index is 12.6. The van der Waals surface area contributed by atoms with Crippen molar-refractivity contribution in [1.29, 1.82) is 0 Å². The summed E-state index contributed by atoms with van der Waals surface area (Å²) in [6.45, 7) is 2.13. The molecule has 1 aromatic carbocycles. The van der Waals surface area contributed by atoms with Crippen molar-refractivity contribution in [2.45, 2.75) is 13.5 Å². The highest BCUT2D eigenvalue weighted by molar-refractivity contribution is 5.74. The van der Waals surface area contributed by atoms with Gasteiger partial charge in [0.2, 0.25) is 0 Å². The number of nitrogens with zero attached hydrogens (tertiary/aromatic N) is 5. The van der Waals surface area contributed by atoms with Crippen LogP contribution in [0.5, 0.6) is 0 Å². The quantitative estimate of drug-likeness (QED) is 0.578. The number of fused-ring (bicyclic) bond motifs is 1. The molecule has 0 spiro atoms. The van der Waals surface area contributed by atoms with Crippen molar-refractivity contribution < 1.29 is 4.52 Å². The monoisotopic (exact) mass is 307 g/mol. The molecular weight excluding hydrogens is 294 g/mol. The van der Waals surface area contributed by atoms with Crippen molar-refractivity contribution >= 4 is 11.0 Å². The number of benzene rings is 1. The van der Waals surface area contributed by atoms with Crippen molar-refractivity contribution in [3.63, 3.8) is 0 Å². The van der Waals surface area contributed by atoms with Gasteiger partial charge in [-0.15, -0.1) is 0 Å². The van der Waals surface area contributed by atoms with Gasteiger partial charge in [0.05, 0.1) is 24.1 Å². The molecule has 3 heterocycles. The van der Waals surface area contributed by atoms with Crippen LogP contribution in [-0.4, -0.2) is 24.5 Å². The van der Waals surface area contributed by atoms with Gasteiger partial charge >= 0.3 is 0 Å². The molecule has 0 atom stereocenters. The zero-order valence-electron chi connectivity index (χ0n) is 12.4. The molecule has 0 amide bonds. The van der Waals surface area contributed by atoms with E-state index in [2.05, 4.69) is 15.2 Å². The van der Waals surface area contributed by atoms with Gasteiger partial charge in [-0.25, -0.2) is 9.67 Å². The predicted molar refractivity (Wildman–Crippen MR) is 83.5 cm³/mol. The number of aryl methyl sites for hydroxylation is 1. The first kappa shape index (κ1) is 13.4. The molecule has 0 N–H and O–H groups in total. The molecule has 0 aliphatic carbocycles. The molecule has 0 aliphatic heterocycles. The van der Waals surface area contributed by atoms with Gasteiger partial charge in [0.25, 0.3) is 5.56 Å². The van der Waals surface area contributed by atoms with Gasteiger partial charge < -0.3 is 4.52 Å². The van der Waals surface area contributed by atoms with Crippen molar-refractivity contribution in [3.05, 3.63) is 70.7 Å². The zero-order valence-corrected chi connectivity index (χ0v) is 12.4. The van der Waals surface area contributed by atoms with E-state index in [1.165, 1.54) is 10.9 Å². The van der Waals surface area contributed by atoms with Crippen LogP contribution in [0.1, 0.15) is 11.5 Å². The molecule has 0 fully saturated rings. The molecule has 7 nitrogen and oxygen atoms in total. The first-order chi connectivity index (χ1) is 11.2. The Hall–Kier alpha value is -3.22. The standard InChI is InChI=1S/C16H13N5O2/c1-11-7-13(23-19-11)9-20-10-17-15-14(16(20)22)8-18-21(15)12-5-3-2-4-6-12/h2-8,10H,9H2,1H3. The third-order valence-corrected chi connectivity index (χ3v) is 3.56. The topological polar surface area (TPSA) is 78.7 Å². The van der Waals surface area contributed by atoms with Crippen molar-refractivity contribution in [1.82, 2.24) is 24.5 Å². The maximum Gasteiger partial charge on any atom is 0.264 e. The van der Waals surface area contributed by atoms with Crippen LogP contribution in [0, 0.1) is 6.92 Å². The zero-order chi connectivity index (χ0) is 15.8. The second kappa shape index (κ2) is 5.20. The van der Waals surface area contributed by atoms with E-state index in [4.69, 9.17) is 4.52 Å². The van der Waals surface area contributed by atoms with E-state index < -0.39 is 0 Å². The average molecular weight is 307 g/mol. The van der Waals surface area contributed by atoms with Crippen LogP contribution in [0.15, 0.2) is 58.2 Å². The fourth-order valence-electron chi connectivity index (χ4n) is 2.48. The third kappa shape index (κ3) is 2.32. The summed E-state index contributed by atoms with van der Waals surface area (Å²) in [6, 6.07) is 11.4. The van der Waals surface area contributed by atoms with Gasteiger partial charge in [-0.1, -0.05) is 23.4 Å². The number of aromatic nitrogens is 5. The van der Waals surface area contributed by atoms with Gasteiger partial charge in [-0.3, -0.25) is 9.36 Å². The molecule has 0 saturated heterocycles. The Morgan fingerprint density at radius 1 is 1.22 bits per heavy atom. The number of hydrogen-bond donors (Lipinski definition) is 0. The molecule has 0 saturated carbocycles. The molecule has 7 heteroatoms. The maximum atomic E-state index is 12.6. The first-order valence-electron chi connectivity index (χ1n) is 7.13. The Bertz CT molecular complexity index is 1030. The van der Waals surface area contributed by atoms with Gasteiger partial charge in [-0.05, 0) is 19.1 Å². The summed E-state index contributed by atoms with van der Waals surface area (Å²) in [7, 11) is 0. The Labute approximate surface area is 130 Å². The van der Waals surface area contributed by atoms with E-state index in [9.17, 15) is 4.79 Å². The predicted octanol–water partition coefficient (Wildman–Crippen LogP) is 1.93. The summed E-state index contributed by atoms with van der Waals surface area (Å²) in [5, 5.41) is 8.57. The SMILES string of the molecule is Cc1cc(Cn2cnc3c(cnn3-c3ccccc3)c2=O)on1. The second-order valence-electron chi connectivity index (χ2n) is 5.24. The third-order valence-electron chi connectivity index (χ3n) is 3.56. The van der Waals surface area contributed by atoms with E-state index in [0.29, 0.717) is 23.3 Å². The average Bonchev–Trinajstić information content (AvgIpc) is 3.17. The molecule has 0 aliphatic rings. The second-order valence-corrected chi connectivity index (χ2v) is 5.24. The Kier molecular flexibility index (Phi) is 3.04. The van der Waals surface area contributed by atoms with Crippen LogP contribution in [0.3, 0.4) is 0 Å². The van der Waals surface area contributed by atoms with Crippen LogP contribution < -0.4 is 5.56 Å². The molecule has 4 aromatic rings. The summed E-state index contributed by atoms with van der Waals surface area (Å²) in [5.74, 6) is 0.612. The molecule has 0 radical (unpaired) electrons. The van der Waals surface area contributed by atoms with Crippen LogP contribution in [0.4, 0.5) is 0 Å². The summed E-state index contributed by atoms with van der Waals surface area (Å²) in [5.41, 5.74) is 2.01. The van der Waals surface area contributed by atoms with Gasteiger partial charge in [0, 0.05) is 6.07 Å². The molecular formula is C16H13N5O2. The molecule has 114 valence electrons. The van der Waals surface area contributed by atoms with E-state index in [0.717, 1.165) is 11.4 Å². The highest BCUT2D eigenvalue weighted by Crippen LogP contribution is 2.13. The van der Waals surface area contributed by atoms with Crippen molar-refractivity contribution in [3.8, 4) is 5.69 Å². The van der Waals surface area contributed by atoms with E-state index in [1.54, 1.807) is 16.9 Å². The lowest BCUT2D eigenvalue weighted by molar-refractivity contribution is 0.371. The largest absolute Gasteiger partial charge is 0.359 e. The lowest BCUT2D eigenvalue weighted by Crippen LogP contribution is -2.20. The first-order valence-corrected chi connectivity index (χ1v) is 7.13. The Balaban J connectivity index is 1.79. The summed E-state index contributed by atoms with van der Waals surface area (Å²) in [6.07, 6.45) is 3.05. The molecule has 4 rings (SSSR count). The van der Waals surface area contributed by atoms with E-state index in [-0.39, 0.29) is 5.56 Å². The normalized spacial score (nSPS) is 11.2. The molecule has 23 heavy (non-hydrogen) atoms. The van der Waals surface area contributed by atoms with Crippen LogP contribution in [-0.2, 0) is 6.54 Å². The van der Waals surface area contributed by atoms with Crippen molar-refractivity contribution in [2.24, 2.45) is 0 Å². The minimum absolute atomic E-state index is 0.161. The summed E-state index contributed by atoms with van der Waals surface area (Å²) >= 11 is 0. The highest BCUT2D eigenvalue weighted by atomic mass is 16.5. The van der Waals surface area contributed by atoms with Gasteiger partial charge in [0.15, 0.2) is 11.4 Å². The Morgan fingerprint density at radius 3 is 2.78 bits per heavy atom. The lowest BCUT2D eigenvalue weighted by Gasteiger charge is -2.04. The van der Waals surface area contributed by atoms with E-state index >= 15 is 0 Å². The minimum Gasteiger partial charge on any atom is -0.359 e. The van der Waals surface area contributed by atoms with Crippen molar-refractivity contribution in [2.75, 3.05) is 0 Å². The smallest absolute Gasteiger partial charge is 0.264 e.